The smallest absolute Gasteiger partial charge is 0.264 e. The summed E-state index contributed by atoms with van der Waals surface area (Å²) in [6.07, 6.45) is 2.35. The zero-order valence-electron chi connectivity index (χ0n) is 19.4. The first-order valence-corrected chi connectivity index (χ1v) is 11.0. The first-order valence-electron chi connectivity index (χ1n) is 11.0. The molecular formula is C25H27N5O4. The Kier molecular flexibility index (Phi) is 6.91. The van der Waals surface area contributed by atoms with Crippen molar-refractivity contribution < 1.29 is 14.3 Å². The highest BCUT2D eigenvalue weighted by Gasteiger charge is 2.15. The van der Waals surface area contributed by atoms with E-state index in [9.17, 15) is 9.59 Å². The number of amides is 1. The number of hydrogen-bond donors (Lipinski definition) is 1. The minimum Gasteiger partial charge on any atom is -0.493 e. The van der Waals surface area contributed by atoms with Crippen LogP contribution < -0.4 is 20.3 Å². The number of methoxy groups -OCH3 is 2. The molecule has 0 aliphatic rings. The van der Waals surface area contributed by atoms with Crippen LogP contribution in [0.2, 0.25) is 0 Å². The van der Waals surface area contributed by atoms with E-state index < -0.39 is 0 Å². The molecule has 176 valence electrons. The van der Waals surface area contributed by atoms with E-state index in [-0.39, 0.29) is 24.4 Å². The van der Waals surface area contributed by atoms with Gasteiger partial charge >= 0.3 is 0 Å². The maximum absolute atomic E-state index is 13.0. The van der Waals surface area contributed by atoms with E-state index in [2.05, 4.69) is 15.4 Å². The molecule has 0 spiro atoms. The van der Waals surface area contributed by atoms with E-state index in [1.54, 1.807) is 25.8 Å². The molecule has 4 rings (SSSR count). The highest BCUT2D eigenvalue weighted by atomic mass is 16.5. The Morgan fingerprint density at radius 3 is 2.56 bits per heavy atom. The SMILES string of the molecule is COc1ccc(CCNC(=O)CCn2c(C)nc3c(cnn3-c3ccccc3)c2=O)cc1OC. The number of carbonyl (C=O) groups excluding carboxylic acids is 1. The van der Waals surface area contributed by atoms with E-state index >= 15 is 0 Å². The summed E-state index contributed by atoms with van der Waals surface area (Å²) in [5.41, 5.74) is 2.15. The van der Waals surface area contributed by atoms with Gasteiger partial charge in [-0.3, -0.25) is 14.2 Å². The standard InChI is InChI=1S/C25H27N5O4/c1-17-28-24-20(16-27-30(24)19-7-5-4-6-8-19)25(32)29(17)14-12-23(31)26-13-11-18-9-10-21(33-2)22(15-18)34-3/h4-10,15-16H,11-14H2,1-3H3,(H,26,31). The Hall–Kier alpha value is -4.14. The van der Waals surface area contributed by atoms with Gasteiger partial charge in [-0.15, -0.1) is 0 Å². The second kappa shape index (κ2) is 10.2. The third kappa shape index (κ3) is 4.78. The van der Waals surface area contributed by atoms with Crippen LogP contribution in [0.5, 0.6) is 11.5 Å². The van der Waals surface area contributed by atoms with Crippen molar-refractivity contribution in [2.45, 2.75) is 26.3 Å². The van der Waals surface area contributed by atoms with Crippen LogP contribution in [-0.2, 0) is 17.8 Å². The number of carbonyl (C=O) groups is 1. The third-order valence-corrected chi connectivity index (χ3v) is 5.62. The molecule has 0 atom stereocenters. The Labute approximate surface area is 197 Å². The maximum Gasteiger partial charge on any atom is 0.264 e. The fraction of sp³-hybridized carbons (Fsp3) is 0.280. The quantitative estimate of drug-likeness (QED) is 0.411. The van der Waals surface area contributed by atoms with Crippen LogP contribution in [0.3, 0.4) is 0 Å². The van der Waals surface area contributed by atoms with Crippen LogP contribution >= 0.6 is 0 Å². The van der Waals surface area contributed by atoms with Gasteiger partial charge in [-0.25, -0.2) is 9.67 Å². The van der Waals surface area contributed by atoms with Gasteiger partial charge in [0, 0.05) is 19.5 Å². The van der Waals surface area contributed by atoms with Crippen molar-refractivity contribution in [1.82, 2.24) is 24.6 Å². The lowest BCUT2D eigenvalue weighted by Gasteiger charge is -2.11. The topological polar surface area (TPSA) is 100 Å². The normalized spacial score (nSPS) is 10.9. The minimum absolute atomic E-state index is 0.133. The number of hydrogen-bond acceptors (Lipinski definition) is 6. The fourth-order valence-electron chi connectivity index (χ4n) is 3.81. The molecular weight excluding hydrogens is 434 g/mol. The van der Waals surface area contributed by atoms with Crippen molar-refractivity contribution in [2.24, 2.45) is 0 Å². The van der Waals surface area contributed by atoms with Crippen molar-refractivity contribution >= 4 is 16.9 Å². The number of aryl methyl sites for hydroxylation is 1. The van der Waals surface area contributed by atoms with Crippen LogP contribution in [0.1, 0.15) is 17.8 Å². The molecule has 2 aromatic heterocycles. The largest absolute Gasteiger partial charge is 0.493 e. The minimum atomic E-state index is -0.206. The number of nitrogens with one attached hydrogen (secondary N) is 1. The number of aromatic nitrogens is 4. The lowest BCUT2D eigenvalue weighted by Crippen LogP contribution is -2.30. The van der Waals surface area contributed by atoms with Gasteiger partial charge in [-0.1, -0.05) is 24.3 Å². The van der Waals surface area contributed by atoms with Crippen molar-refractivity contribution in [3.05, 3.63) is 76.5 Å². The van der Waals surface area contributed by atoms with Crippen molar-refractivity contribution in [3.8, 4) is 17.2 Å². The van der Waals surface area contributed by atoms with Gasteiger partial charge in [0.25, 0.3) is 5.56 Å². The van der Waals surface area contributed by atoms with E-state index in [0.717, 1.165) is 11.3 Å². The molecule has 0 saturated carbocycles. The number of para-hydroxylation sites is 1. The average Bonchev–Trinajstić information content (AvgIpc) is 3.28. The van der Waals surface area contributed by atoms with Crippen LogP contribution in [0.25, 0.3) is 16.7 Å². The summed E-state index contributed by atoms with van der Waals surface area (Å²) in [6, 6.07) is 15.2. The number of ether oxygens (including phenoxy) is 2. The molecule has 2 heterocycles. The number of benzene rings is 2. The molecule has 4 aromatic rings. The second-order valence-corrected chi connectivity index (χ2v) is 7.78. The lowest BCUT2D eigenvalue weighted by atomic mass is 10.1. The molecule has 0 unspecified atom stereocenters. The molecule has 1 amide bonds. The highest BCUT2D eigenvalue weighted by Crippen LogP contribution is 2.27. The Bertz CT molecular complexity index is 1360. The van der Waals surface area contributed by atoms with Crippen LogP contribution in [0, 0.1) is 6.92 Å². The lowest BCUT2D eigenvalue weighted by molar-refractivity contribution is -0.121. The summed E-state index contributed by atoms with van der Waals surface area (Å²) in [5, 5.41) is 7.67. The molecule has 2 aromatic carbocycles. The third-order valence-electron chi connectivity index (χ3n) is 5.62. The predicted molar refractivity (Wildman–Crippen MR) is 129 cm³/mol. The summed E-state index contributed by atoms with van der Waals surface area (Å²) < 4.78 is 13.7. The maximum atomic E-state index is 13.0. The van der Waals surface area contributed by atoms with Crippen LogP contribution in [0.4, 0.5) is 0 Å². The molecule has 0 aliphatic heterocycles. The van der Waals surface area contributed by atoms with Gasteiger partial charge in [-0.05, 0) is 43.2 Å². The zero-order chi connectivity index (χ0) is 24.1. The van der Waals surface area contributed by atoms with E-state index in [0.29, 0.717) is 41.3 Å². The second-order valence-electron chi connectivity index (χ2n) is 7.78. The number of nitrogens with zero attached hydrogens (tertiary/aromatic N) is 4. The number of rotatable bonds is 9. The highest BCUT2D eigenvalue weighted by molar-refractivity contribution is 5.76. The van der Waals surface area contributed by atoms with Crippen molar-refractivity contribution in [3.63, 3.8) is 0 Å². The molecule has 0 radical (unpaired) electrons. The fourth-order valence-corrected chi connectivity index (χ4v) is 3.81. The Morgan fingerprint density at radius 2 is 1.82 bits per heavy atom. The summed E-state index contributed by atoms with van der Waals surface area (Å²) in [6.45, 7) is 2.48. The summed E-state index contributed by atoms with van der Waals surface area (Å²) in [7, 11) is 3.18. The summed E-state index contributed by atoms with van der Waals surface area (Å²) >= 11 is 0. The molecule has 0 aliphatic carbocycles. The van der Waals surface area contributed by atoms with Gasteiger partial charge in [0.05, 0.1) is 26.1 Å². The predicted octanol–water partition coefficient (Wildman–Crippen LogP) is 2.66. The first-order chi connectivity index (χ1) is 16.5. The van der Waals surface area contributed by atoms with Gasteiger partial charge in [0.2, 0.25) is 5.91 Å². The molecule has 0 fully saturated rings. The molecule has 9 nitrogen and oxygen atoms in total. The van der Waals surface area contributed by atoms with Crippen LogP contribution in [0.15, 0.2) is 59.5 Å². The molecule has 9 heteroatoms. The van der Waals surface area contributed by atoms with Gasteiger partial charge in [0.1, 0.15) is 11.2 Å². The van der Waals surface area contributed by atoms with Gasteiger partial charge in [0.15, 0.2) is 17.1 Å². The molecule has 1 N–H and O–H groups in total. The van der Waals surface area contributed by atoms with E-state index in [1.807, 2.05) is 48.5 Å². The zero-order valence-corrected chi connectivity index (χ0v) is 19.4. The Balaban J connectivity index is 1.39. The molecule has 0 saturated heterocycles. The van der Waals surface area contributed by atoms with Crippen molar-refractivity contribution in [1.29, 1.82) is 0 Å². The Morgan fingerprint density at radius 1 is 1.06 bits per heavy atom. The van der Waals surface area contributed by atoms with Crippen LogP contribution in [-0.4, -0.2) is 46.0 Å². The van der Waals surface area contributed by atoms with Crippen molar-refractivity contribution in [2.75, 3.05) is 20.8 Å². The van der Waals surface area contributed by atoms with Gasteiger partial charge < -0.3 is 14.8 Å². The average molecular weight is 462 g/mol. The van der Waals surface area contributed by atoms with Gasteiger partial charge in [-0.2, -0.15) is 5.10 Å². The first kappa shape index (κ1) is 23.0. The molecule has 0 bridgehead atoms. The van der Waals surface area contributed by atoms with E-state index in [1.165, 1.54) is 10.8 Å². The molecule has 34 heavy (non-hydrogen) atoms. The summed E-state index contributed by atoms with van der Waals surface area (Å²) in [4.78, 5) is 30.0. The summed E-state index contributed by atoms with van der Waals surface area (Å²) in [5.74, 6) is 1.72. The number of fused-ring (bicyclic) bond motifs is 1. The van der Waals surface area contributed by atoms with E-state index in [4.69, 9.17) is 9.47 Å². The monoisotopic (exact) mass is 461 g/mol.